The van der Waals surface area contributed by atoms with Crippen LogP contribution in [0.5, 0.6) is 5.88 Å². The minimum absolute atomic E-state index is 0.0270. The Bertz CT molecular complexity index is 702. The molecule has 120 valence electrons. The first-order valence-electron chi connectivity index (χ1n) is 7.69. The molecule has 5 nitrogen and oxygen atoms in total. The van der Waals surface area contributed by atoms with Crippen LogP contribution in [0.1, 0.15) is 28.8 Å². The van der Waals surface area contributed by atoms with Crippen molar-refractivity contribution in [1.29, 1.82) is 0 Å². The number of pyridine rings is 1. The third kappa shape index (κ3) is 3.19. The molecule has 23 heavy (non-hydrogen) atoms. The lowest BCUT2D eigenvalue weighted by molar-refractivity contribution is 0.0987. The summed E-state index contributed by atoms with van der Waals surface area (Å²) in [7, 11) is 1.61. The molecule has 0 spiro atoms. The monoisotopic (exact) mass is 312 g/mol. The largest absolute Gasteiger partial charge is 0.475 e. The molecule has 0 bridgehead atoms. The van der Waals surface area contributed by atoms with Crippen molar-refractivity contribution < 1.29 is 14.3 Å². The number of ether oxygens (including phenoxy) is 2. The van der Waals surface area contributed by atoms with Crippen LogP contribution in [0.15, 0.2) is 42.6 Å². The van der Waals surface area contributed by atoms with E-state index in [1.165, 1.54) is 5.56 Å². The van der Waals surface area contributed by atoms with Crippen molar-refractivity contribution in [1.82, 2.24) is 4.98 Å². The molecule has 1 aromatic carbocycles. The zero-order valence-electron chi connectivity index (χ0n) is 13.4. The Kier molecular flexibility index (Phi) is 4.57. The van der Waals surface area contributed by atoms with Gasteiger partial charge in [0.15, 0.2) is 0 Å². The van der Waals surface area contributed by atoms with Gasteiger partial charge in [0.05, 0.1) is 6.61 Å². The minimum Gasteiger partial charge on any atom is -0.475 e. The van der Waals surface area contributed by atoms with Gasteiger partial charge in [-0.2, -0.15) is 0 Å². The van der Waals surface area contributed by atoms with Crippen molar-refractivity contribution in [3.63, 3.8) is 0 Å². The standard InChI is InChI=1S/C18H20N2O3/c1-13-12-20(16-6-4-3-5-15(13)16)18(21)14-7-8-19-17(11-14)23-10-9-22-2/h3-8,11,13H,9-10,12H2,1-2H3/t13-/m0/s1. The first-order chi connectivity index (χ1) is 11.2. The van der Waals surface area contributed by atoms with Crippen LogP contribution in [-0.2, 0) is 4.74 Å². The highest BCUT2D eigenvalue weighted by Gasteiger charge is 2.30. The molecule has 0 saturated heterocycles. The number of rotatable bonds is 5. The fraction of sp³-hybridized carbons (Fsp3) is 0.333. The fourth-order valence-electron chi connectivity index (χ4n) is 2.82. The van der Waals surface area contributed by atoms with Crippen molar-refractivity contribution in [3.8, 4) is 5.88 Å². The molecule has 2 aromatic rings. The smallest absolute Gasteiger partial charge is 0.258 e. The molecule has 3 rings (SSSR count). The highest BCUT2D eigenvalue weighted by Crippen LogP contribution is 2.36. The first kappa shape index (κ1) is 15.5. The predicted octanol–water partition coefficient (Wildman–Crippen LogP) is 2.87. The van der Waals surface area contributed by atoms with E-state index in [1.54, 1.807) is 25.4 Å². The molecular formula is C18H20N2O3. The molecule has 0 N–H and O–H groups in total. The zero-order chi connectivity index (χ0) is 16.2. The average Bonchev–Trinajstić information content (AvgIpc) is 2.92. The predicted molar refractivity (Wildman–Crippen MR) is 88.1 cm³/mol. The Morgan fingerprint density at radius 2 is 2.13 bits per heavy atom. The van der Waals surface area contributed by atoms with Crippen molar-refractivity contribution in [3.05, 3.63) is 53.7 Å². The van der Waals surface area contributed by atoms with Crippen LogP contribution < -0.4 is 9.64 Å². The Morgan fingerprint density at radius 1 is 1.30 bits per heavy atom. The van der Waals surface area contributed by atoms with Crippen molar-refractivity contribution >= 4 is 11.6 Å². The molecule has 0 aliphatic carbocycles. The van der Waals surface area contributed by atoms with E-state index in [-0.39, 0.29) is 5.91 Å². The topological polar surface area (TPSA) is 51.7 Å². The van der Waals surface area contributed by atoms with Gasteiger partial charge >= 0.3 is 0 Å². The maximum Gasteiger partial charge on any atom is 0.258 e. The average molecular weight is 312 g/mol. The number of nitrogens with zero attached hydrogens (tertiary/aromatic N) is 2. The summed E-state index contributed by atoms with van der Waals surface area (Å²) in [5.41, 5.74) is 2.78. The number of hydrogen-bond acceptors (Lipinski definition) is 4. The third-order valence-corrected chi connectivity index (χ3v) is 3.98. The van der Waals surface area contributed by atoms with Crippen molar-refractivity contribution in [2.45, 2.75) is 12.8 Å². The molecule has 0 fully saturated rings. The molecule has 1 atom stereocenters. The molecule has 1 aliphatic heterocycles. The Morgan fingerprint density at radius 3 is 2.96 bits per heavy atom. The van der Waals surface area contributed by atoms with Gasteiger partial charge in [-0.1, -0.05) is 25.1 Å². The molecule has 0 saturated carbocycles. The maximum absolute atomic E-state index is 12.9. The van der Waals surface area contributed by atoms with Gasteiger partial charge in [-0.15, -0.1) is 0 Å². The first-order valence-corrected chi connectivity index (χ1v) is 7.69. The lowest BCUT2D eigenvalue weighted by atomic mass is 10.0. The van der Waals surface area contributed by atoms with Gasteiger partial charge in [0.2, 0.25) is 5.88 Å². The number of para-hydroxylation sites is 1. The number of carbonyl (C=O) groups excluding carboxylic acids is 1. The van der Waals surface area contributed by atoms with Crippen LogP contribution in [0.3, 0.4) is 0 Å². The van der Waals surface area contributed by atoms with E-state index in [1.807, 2.05) is 23.1 Å². The minimum atomic E-state index is -0.0270. The SMILES string of the molecule is COCCOc1cc(C(=O)N2C[C@H](C)c3ccccc32)ccn1. The van der Waals surface area contributed by atoms with E-state index < -0.39 is 0 Å². The van der Waals surface area contributed by atoms with Crippen LogP contribution in [0, 0.1) is 0 Å². The molecule has 1 aromatic heterocycles. The van der Waals surface area contributed by atoms with Gasteiger partial charge in [-0.3, -0.25) is 4.79 Å². The molecular weight excluding hydrogens is 292 g/mol. The molecule has 0 unspecified atom stereocenters. The third-order valence-electron chi connectivity index (χ3n) is 3.98. The van der Waals surface area contributed by atoms with Crippen LogP contribution in [-0.4, -0.2) is 37.8 Å². The maximum atomic E-state index is 12.9. The van der Waals surface area contributed by atoms with Gasteiger partial charge in [-0.25, -0.2) is 4.98 Å². The molecule has 1 aliphatic rings. The van der Waals surface area contributed by atoms with Gasteiger partial charge < -0.3 is 14.4 Å². The molecule has 1 amide bonds. The number of hydrogen-bond donors (Lipinski definition) is 0. The van der Waals surface area contributed by atoms with Gasteiger partial charge in [0.1, 0.15) is 6.61 Å². The molecule has 2 heterocycles. The number of anilines is 1. The zero-order valence-corrected chi connectivity index (χ0v) is 13.4. The van der Waals surface area contributed by atoms with E-state index in [4.69, 9.17) is 9.47 Å². The van der Waals surface area contributed by atoms with Crippen molar-refractivity contribution in [2.24, 2.45) is 0 Å². The van der Waals surface area contributed by atoms with Crippen LogP contribution in [0.4, 0.5) is 5.69 Å². The summed E-state index contributed by atoms with van der Waals surface area (Å²) < 4.78 is 10.4. The lowest BCUT2D eigenvalue weighted by Gasteiger charge is -2.18. The van der Waals surface area contributed by atoms with Gasteiger partial charge in [0.25, 0.3) is 5.91 Å². The molecule has 0 radical (unpaired) electrons. The Hall–Kier alpha value is -2.40. The second-order valence-corrected chi connectivity index (χ2v) is 5.60. The van der Waals surface area contributed by atoms with E-state index in [2.05, 4.69) is 18.0 Å². The Balaban J connectivity index is 1.80. The summed E-state index contributed by atoms with van der Waals surface area (Å²) >= 11 is 0. The summed E-state index contributed by atoms with van der Waals surface area (Å²) in [6.45, 7) is 3.72. The van der Waals surface area contributed by atoms with E-state index in [0.717, 1.165) is 5.69 Å². The highest BCUT2D eigenvalue weighted by molar-refractivity contribution is 6.07. The Labute approximate surface area is 135 Å². The highest BCUT2D eigenvalue weighted by atomic mass is 16.5. The summed E-state index contributed by atoms with van der Waals surface area (Å²) in [5, 5.41) is 0. The molecule has 5 heteroatoms. The lowest BCUT2D eigenvalue weighted by Crippen LogP contribution is -2.29. The number of benzene rings is 1. The van der Waals surface area contributed by atoms with Crippen molar-refractivity contribution in [2.75, 3.05) is 31.8 Å². The number of methoxy groups -OCH3 is 1. The van der Waals surface area contributed by atoms with Gasteiger partial charge in [0, 0.05) is 43.1 Å². The number of carbonyl (C=O) groups is 1. The summed E-state index contributed by atoms with van der Waals surface area (Å²) in [5.74, 6) is 0.753. The number of fused-ring (bicyclic) bond motifs is 1. The van der Waals surface area contributed by atoms with E-state index >= 15 is 0 Å². The number of amides is 1. The van der Waals surface area contributed by atoms with Gasteiger partial charge in [-0.05, 0) is 17.7 Å². The normalized spacial score (nSPS) is 16.3. The van der Waals surface area contributed by atoms with E-state index in [9.17, 15) is 4.79 Å². The second kappa shape index (κ2) is 6.79. The van der Waals surface area contributed by atoms with E-state index in [0.29, 0.717) is 37.1 Å². The number of aromatic nitrogens is 1. The summed E-state index contributed by atoms with van der Waals surface area (Å²) in [6.07, 6.45) is 1.60. The second-order valence-electron chi connectivity index (χ2n) is 5.60. The quantitative estimate of drug-likeness (QED) is 0.797. The van der Waals surface area contributed by atoms with Crippen LogP contribution >= 0.6 is 0 Å². The van der Waals surface area contributed by atoms with Crippen LogP contribution in [0.2, 0.25) is 0 Å². The summed E-state index contributed by atoms with van der Waals surface area (Å²) in [4.78, 5) is 18.8. The fourth-order valence-corrected chi connectivity index (χ4v) is 2.82. The summed E-state index contributed by atoms with van der Waals surface area (Å²) in [6, 6.07) is 11.5. The van der Waals surface area contributed by atoms with Crippen LogP contribution in [0.25, 0.3) is 0 Å².